The topological polar surface area (TPSA) is 25.2 Å². The lowest BCUT2D eigenvalue weighted by molar-refractivity contribution is -0.130. The number of rotatable bonds is 3. The van der Waals surface area contributed by atoms with Gasteiger partial charge in [-0.2, -0.15) is 0 Å². The first-order chi connectivity index (χ1) is 12.1. The summed E-state index contributed by atoms with van der Waals surface area (Å²) in [4.78, 5) is 15.1. The van der Waals surface area contributed by atoms with Gasteiger partial charge in [0.2, 0.25) is 5.91 Å². The molecule has 2 aromatic carbocycles. The predicted octanol–water partition coefficient (Wildman–Crippen LogP) is 4.30. The fourth-order valence-corrected chi connectivity index (χ4v) is 4.84. The maximum absolute atomic E-state index is 13.0. The van der Waals surface area contributed by atoms with Crippen LogP contribution in [0.4, 0.5) is 0 Å². The number of hydrogen-bond donors (Lipinski definition) is 0. The van der Waals surface area contributed by atoms with Crippen molar-refractivity contribution in [1.82, 2.24) is 9.47 Å². The zero-order valence-corrected chi connectivity index (χ0v) is 15.4. The Labute approximate surface area is 152 Å². The number of fused-ring (bicyclic) bond motifs is 1. The first-order valence-electron chi connectivity index (χ1n) is 8.64. The molecule has 3 nitrogen and oxygen atoms in total. The average Bonchev–Trinajstić information content (AvgIpc) is 3.22. The van der Waals surface area contributed by atoms with Gasteiger partial charge in [-0.1, -0.05) is 48.0 Å². The monoisotopic (exact) mass is 350 g/mol. The third kappa shape index (κ3) is 3.07. The minimum absolute atomic E-state index is 0.142. The van der Waals surface area contributed by atoms with Crippen LogP contribution in [0.3, 0.4) is 0 Å². The molecule has 3 aromatic rings. The van der Waals surface area contributed by atoms with Gasteiger partial charge in [0.05, 0.1) is 6.42 Å². The van der Waals surface area contributed by atoms with Crippen LogP contribution in [0.1, 0.15) is 22.1 Å². The van der Waals surface area contributed by atoms with Crippen molar-refractivity contribution in [2.24, 2.45) is 7.05 Å². The number of carbonyl (C=O) groups excluding carboxylic acids is 1. The van der Waals surface area contributed by atoms with E-state index in [0.29, 0.717) is 6.42 Å². The molecule has 128 valence electrons. The predicted molar refractivity (Wildman–Crippen MR) is 105 cm³/mol. The summed E-state index contributed by atoms with van der Waals surface area (Å²) in [7, 11) is 2.04. The number of nitrogens with zero attached hydrogens (tertiary/aromatic N) is 2. The van der Waals surface area contributed by atoms with E-state index in [9.17, 15) is 4.79 Å². The fraction of sp³-hybridized carbons (Fsp3) is 0.286. The van der Waals surface area contributed by atoms with Gasteiger partial charge in [-0.25, -0.2) is 0 Å². The lowest BCUT2D eigenvalue weighted by atomic mass is 10.1. The fourth-order valence-electron chi connectivity index (χ4n) is 3.56. The number of para-hydroxylation sites is 1. The number of amides is 1. The van der Waals surface area contributed by atoms with Crippen LogP contribution in [0.2, 0.25) is 0 Å². The van der Waals surface area contributed by atoms with Gasteiger partial charge >= 0.3 is 0 Å². The lowest BCUT2D eigenvalue weighted by Crippen LogP contribution is -2.31. The standard InChI is InChI=1S/C21H22N2OS/c1-15-7-9-16(10-8-15)21-23(11-12-25-21)20(24)13-17-14-22(2)19-6-4-3-5-18(17)19/h3-10,14,21H,11-13H2,1-2H3. The normalized spacial score (nSPS) is 17.4. The molecular weight excluding hydrogens is 328 g/mol. The SMILES string of the molecule is Cc1ccc(C2SCCN2C(=O)Cc2cn(C)c3ccccc23)cc1. The van der Waals surface area contributed by atoms with E-state index in [1.54, 1.807) is 0 Å². The maximum atomic E-state index is 13.0. The van der Waals surface area contributed by atoms with E-state index >= 15 is 0 Å². The smallest absolute Gasteiger partial charge is 0.228 e. The number of hydrogen-bond acceptors (Lipinski definition) is 2. The van der Waals surface area contributed by atoms with Crippen molar-refractivity contribution >= 4 is 28.6 Å². The molecule has 4 rings (SSSR count). The highest BCUT2D eigenvalue weighted by atomic mass is 32.2. The summed E-state index contributed by atoms with van der Waals surface area (Å²) >= 11 is 1.86. The van der Waals surface area contributed by atoms with Gasteiger partial charge in [0.25, 0.3) is 0 Å². The van der Waals surface area contributed by atoms with E-state index < -0.39 is 0 Å². The lowest BCUT2D eigenvalue weighted by Gasteiger charge is -2.24. The van der Waals surface area contributed by atoms with Crippen LogP contribution in [-0.4, -0.2) is 27.7 Å². The molecular formula is C21H22N2OS. The molecule has 1 aromatic heterocycles. The molecule has 1 amide bonds. The molecule has 1 unspecified atom stereocenters. The van der Waals surface area contributed by atoms with Crippen molar-refractivity contribution in [3.05, 3.63) is 71.4 Å². The Bertz CT molecular complexity index is 913. The van der Waals surface area contributed by atoms with E-state index in [2.05, 4.69) is 54.1 Å². The van der Waals surface area contributed by atoms with Crippen LogP contribution in [-0.2, 0) is 18.3 Å². The van der Waals surface area contributed by atoms with Gasteiger partial charge in [-0.05, 0) is 24.1 Å². The van der Waals surface area contributed by atoms with E-state index in [1.807, 2.05) is 35.8 Å². The molecule has 0 N–H and O–H groups in total. The highest BCUT2D eigenvalue weighted by Gasteiger charge is 2.30. The van der Waals surface area contributed by atoms with Crippen LogP contribution in [0.5, 0.6) is 0 Å². The molecule has 1 atom stereocenters. The molecule has 0 radical (unpaired) electrons. The number of benzene rings is 2. The van der Waals surface area contributed by atoms with Crippen molar-refractivity contribution in [2.75, 3.05) is 12.3 Å². The second kappa shape index (κ2) is 6.60. The molecule has 4 heteroatoms. The largest absolute Gasteiger partial charge is 0.350 e. The molecule has 1 aliphatic heterocycles. The van der Waals surface area contributed by atoms with Crippen molar-refractivity contribution in [3.63, 3.8) is 0 Å². The first-order valence-corrected chi connectivity index (χ1v) is 9.69. The summed E-state index contributed by atoms with van der Waals surface area (Å²) in [6.07, 6.45) is 2.55. The third-order valence-electron chi connectivity index (χ3n) is 4.89. The molecule has 25 heavy (non-hydrogen) atoms. The second-order valence-electron chi connectivity index (χ2n) is 6.68. The van der Waals surface area contributed by atoms with Crippen LogP contribution < -0.4 is 0 Å². The maximum Gasteiger partial charge on any atom is 0.228 e. The van der Waals surface area contributed by atoms with Crippen molar-refractivity contribution in [1.29, 1.82) is 0 Å². The zero-order valence-electron chi connectivity index (χ0n) is 14.6. The van der Waals surface area contributed by atoms with E-state index in [1.165, 1.54) is 22.0 Å². The summed E-state index contributed by atoms with van der Waals surface area (Å²) in [5.41, 5.74) is 4.76. The first kappa shape index (κ1) is 16.3. The third-order valence-corrected chi connectivity index (χ3v) is 6.16. The van der Waals surface area contributed by atoms with Gasteiger partial charge in [0.15, 0.2) is 0 Å². The summed E-state index contributed by atoms with van der Waals surface area (Å²) in [6.45, 7) is 2.92. The molecule has 1 saturated heterocycles. The molecule has 0 spiro atoms. The van der Waals surface area contributed by atoms with Crippen LogP contribution in [0.15, 0.2) is 54.7 Å². The van der Waals surface area contributed by atoms with Gasteiger partial charge < -0.3 is 9.47 Å². The van der Waals surface area contributed by atoms with Crippen LogP contribution >= 0.6 is 11.8 Å². The van der Waals surface area contributed by atoms with Crippen molar-refractivity contribution in [2.45, 2.75) is 18.7 Å². The van der Waals surface area contributed by atoms with E-state index in [0.717, 1.165) is 17.9 Å². The Morgan fingerprint density at radius 2 is 1.92 bits per heavy atom. The molecule has 0 bridgehead atoms. The molecule has 1 fully saturated rings. The molecule has 2 heterocycles. The highest BCUT2D eigenvalue weighted by Crippen LogP contribution is 2.38. The van der Waals surface area contributed by atoms with Crippen molar-refractivity contribution in [3.8, 4) is 0 Å². The number of aromatic nitrogens is 1. The van der Waals surface area contributed by atoms with Crippen LogP contribution in [0.25, 0.3) is 10.9 Å². The number of thioether (sulfide) groups is 1. The second-order valence-corrected chi connectivity index (χ2v) is 7.87. The average molecular weight is 350 g/mol. The Kier molecular flexibility index (Phi) is 4.30. The summed E-state index contributed by atoms with van der Waals surface area (Å²) in [5, 5.41) is 1.32. The van der Waals surface area contributed by atoms with E-state index in [-0.39, 0.29) is 11.3 Å². The Hall–Kier alpha value is -2.20. The van der Waals surface area contributed by atoms with E-state index in [4.69, 9.17) is 0 Å². The Morgan fingerprint density at radius 1 is 1.16 bits per heavy atom. The number of carbonyl (C=O) groups is 1. The van der Waals surface area contributed by atoms with Gasteiger partial charge in [0, 0.05) is 36.4 Å². The van der Waals surface area contributed by atoms with Gasteiger partial charge in [0.1, 0.15) is 5.37 Å². The van der Waals surface area contributed by atoms with Crippen molar-refractivity contribution < 1.29 is 4.79 Å². The summed E-state index contributed by atoms with van der Waals surface area (Å²) in [6, 6.07) is 16.8. The highest BCUT2D eigenvalue weighted by molar-refractivity contribution is 7.99. The van der Waals surface area contributed by atoms with Gasteiger partial charge in [-0.15, -0.1) is 11.8 Å². The summed E-state index contributed by atoms with van der Waals surface area (Å²) < 4.78 is 2.11. The Balaban J connectivity index is 1.58. The minimum atomic E-state index is 0.142. The van der Waals surface area contributed by atoms with Crippen LogP contribution in [0, 0.1) is 6.92 Å². The molecule has 0 saturated carbocycles. The zero-order chi connectivity index (χ0) is 17.4. The Morgan fingerprint density at radius 3 is 2.72 bits per heavy atom. The summed E-state index contributed by atoms with van der Waals surface area (Å²) in [5.74, 6) is 1.21. The van der Waals surface area contributed by atoms with Gasteiger partial charge in [-0.3, -0.25) is 4.79 Å². The minimum Gasteiger partial charge on any atom is -0.350 e. The quantitative estimate of drug-likeness (QED) is 0.703. The number of aryl methyl sites for hydroxylation is 2. The molecule has 1 aliphatic rings. The molecule has 0 aliphatic carbocycles.